The Bertz CT molecular complexity index is 826. The number of methoxy groups -OCH3 is 2. The average molecular weight is 455 g/mol. The molecule has 1 unspecified atom stereocenters. The van der Waals surface area contributed by atoms with E-state index >= 15 is 0 Å². The number of hydrogen-bond acceptors (Lipinski definition) is 5. The van der Waals surface area contributed by atoms with Crippen molar-refractivity contribution in [3.05, 3.63) is 53.1 Å². The summed E-state index contributed by atoms with van der Waals surface area (Å²) in [6.07, 6.45) is 1.02. The summed E-state index contributed by atoms with van der Waals surface area (Å²) in [5, 5.41) is 0. The molecule has 2 heterocycles. The highest BCUT2D eigenvalue weighted by atomic mass is 35.5. The van der Waals surface area contributed by atoms with Crippen molar-refractivity contribution in [3.8, 4) is 11.5 Å². The lowest BCUT2D eigenvalue weighted by Crippen LogP contribution is -2.48. The van der Waals surface area contributed by atoms with E-state index in [1.54, 1.807) is 14.2 Å². The lowest BCUT2D eigenvalue weighted by Gasteiger charge is -2.38. The van der Waals surface area contributed by atoms with E-state index in [0.717, 1.165) is 57.3 Å². The summed E-state index contributed by atoms with van der Waals surface area (Å²) in [5.41, 5.74) is 5.20. The number of benzene rings is 2. The van der Waals surface area contributed by atoms with Crippen molar-refractivity contribution >= 4 is 30.5 Å². The first-order chi connectivity index (χ1) is 13.7. The zero-order chi connectivity index (χ0) is 19.5. The molecule has 2 aliphatic rings. The molecule has 2 aromatic carbocycles. The minimum absolute atomic E-state index is 0. The first-order valence-electron chi connectivity index (χ1n) is 10.1. The lowest BCUT2D eigenvalue weighted by atomic mass is 9.96. The van der Waals surface area contributed by atoms with Crippen LogP contribution in [0.15, 0.2) is 36.4 Å². The quantitative estimate of drug-likeness (QED) is 0.672. The van der Waals surface area contributed by atoms with Crippen LogP contribution in [0.5, 0.6) is 11.5 Å². The minimum Gasteiger partial charge on any atom is -0.493 e. The van der Waals surface area contributed by atoms with Gasteiger partial charge in [-0.25, -0.2) is 0 Å². The Morgan fingerprint density at radius 2 is 1.67 bits per heavy atom. The summed E-state index contributed by atoms with van der Waals surface area (Å²) in [4.78, 5) is 5.00. The fourth-order valence-electron chi connectivity index (χ4n) is 4.25. The van der Waals surface area contributed by atoms with E-state index in [1.165, 1.54) is 22.4 Å². The van der Waals surface area contributed by atoms with Crippen molar-refractivity contribution in [2.45, 2.75) is 19.4 Å². The van der Waals surface area contributed by atoms with Crippen LogP contribution in [0.4, 0.5) is 5.69 Å². The molecule has 0 aliphatic carbocycles. The highest BCUT2D eigenvalue weighted by Gasteiger charge is 2.27. The molecule has 0 N–H and O–H groups in total. The van der Waals surface area contributed by atoms with Crippen molar-refractivity contribution in [2.75, 3.05) is 58.5 Å². The zero-order valence-corrected chi connectivity index (χ0v) is 19.6. The zero-order valence-electron chi connectivity index (χ0n) is 17.9. The largest absolute Gasteiger partial charge is 0.493 e. The van der Waals surface area contributed by atoms with Gasteiger partial charge in [0.2, 0.25) is 0 Å². The van der Waals surface area contributed by atoms with Crippen LogP contribution in [0.1, 0.15) is 22.8 Å². The van der Waals surface area contributed by atoms with Crippen molar-refractivity contribution in [1.29, 1.82) is 0 Å². The second-order valence-corrected chi connectivity index (χ2v) is 7.64. The van der Waals surface area contributed by atoms with Gasteiger partial charge in [-0.15, -0.1) is 24.8 Å². The van der Waals surface area contributed by atoms with Crippen molar-refractivity contribution < 1.29 is 14.2 Å². The van der Waals surface area contributed by atoms with Gasteiger partial charge in [0.15, 0.2) is 11.5 Å². The minimum atomic E-state index is 0. The molecule has 0 radical (unpaired) electrons. The van der Waals surface area contributed by atoms with Crippen molar-refractivity contribution in [3.63, 3.8) is 0 Å². The molecule has 0 saturated carbocycles. The molecule has 5 nitrogen and oxygen atoms in total. The van der Waals surface area contributed by atoms with Gasteiger partial charge in [0.25, 0.3) is 0 Å². The average Bonchev–Trinajstić information content (AvgIpc) is 2.73. The van der Waals surface area contributed by atoms with E-state index in [1.807, 2.05) is 0 Å². The number of halogens is 2. The van der Waals surface area contributed by atoms with Gasteiger partial charge in [-0.05, 0) is 54.3 Å². The van der Waals surface area contributed by atoms with Gasteiger partial charge in [-0.1, -0.05) is 12.1 Å². The molecule has 30 heavy (non-hydrogen) atoms. The van der Waals surface area contributed by atoms with Crippen molar-refractivity contribution in [2.24, 2.45) is 0 Å². The number of hydrogen-bond donors (Lipinski definition) is 0. The highest BCUT2D eigenvalue weighted by molar-refractivity contribution is 5.85. The SMILES string of the molecule is COc1cc2c(cc1OC)C(CN1CCN(c3cccc(C)c3)CC1)OCC2.Cl.Cl. The maximum Gasteiger partial charge on any atom is 0.161 e. The number of piperazine rings is 1. The van der Waals surface area contributed by atoms with Gasteiger partial charge in [-0.3, -0.25) is 4.90 Å². The molecular weight excluding hydrogens is 423 g/mol. The second kappa shape index (κ2) is 11.1. The molecule has 7 heteroatoms. The molecule has 0 aromatic heterocycles. The fourth-order valence-corrected chi connectivity index (χ4v) is 4.25. The van der Waals surface area contributed by atoms with Gasteiger partial charge < -0.3 is 19.1 Å². The van der Waals surface area contributed by atoms with E-state index in [4.69, 9.17) is 14.2 Å². The van der Waals surface area contributed by atoms with Gasteiger partial charge in [0.1, 0.15) is 0 Å². The molecule has 1 fully saturated rings. The van der Waals surface area contributed by atoms with Gasteiger partial charge >= 0.3 is 0 Å². The Kier molecular flexibility index (Phi) is 9.10. The molecule has 4 rings (SSSR count). The number of aryl methyl sites for hydroxylation is 1. The summed E-state index contributed by atoms with van der Waals surface area (Å²) < 4.78 is 17.1. The number of anilines is 1. The summed E-state index contributed by atoms with van der Waals surface area (Å²) in [6.45, 7) is 8.04. The third-order valence-corrected chi connectivity index (χ3v) is 5.85. The van der Waals surface area contributed by atoms with E-state index in [9.17, 15) is 0 Å². The molecule has 0 amide bonds. The Morgan fingerprint density at radius 1 is 0.967 bits per heavy atom. The van der Waals surface area contributed by atoms with Crippen LogP contribution in [0.2, 0.25) is 0 Å². The molecular formula is C23H32Cl2N2O3. The highest BCUT2D eigenvalue weighted by Crippen LogP contribution is 2.37. The fraction of sp³-hybridized carbons (Fsp3) is 0.478. The number of nitrogens with zero attached hydrogens (tertiary/aromatic N) is 2. The first-order valence-corrected chi connectivity index (χ1v) is 10.1. The molecule has 2 aromatic rings. The number of fused-ring (bicyclic) bond motifs is 1. The van der Waals surface area contributed by atoms with Gasteiger partial charge in [0.05, 0.1) is 26.9 Å². The van der Waals surface area contributed by atoms with Crippen molar-refractivity contribution in [1.82, 2.24) is 4.90 Å². The third kappa shape index (κ3) is 5.33. The van der Waals surface area contributed by atoms with E-state index in [0.29, 0.717) is 0 Å². The van der Waals surface area contributed by atoms with Crippen LogP contribution in [0.25, 0.3) is 0 Å². The van der Waals surface area contributed by atoms with E-state index in [2.05, 4.69) is 53.1 Å². The van der Waals surface area contributed by atoms with Crippen LogP contribution < -0.4 is 14.4 Å². The van der Waals surface area contributed by atoms with Crippen LogP contribution in [0.3, 0.4) is 0 Å². The molecule has 0 bridgehead atoms. The second-order valence-electron chi connectivity index (χ2n) is 7.64. The van der Waals surface area contributed by atoms with Crippen LogP contribution in [-0.2, 0) is 11.2 Å². The van der Waals surface area contributed by atoms with Gasteiger partial charge in [-0.2, -0.15) is 0 Å². The molecule has 2 aliphatic heterocycles. The van der Waals surface area contributed by atoms with E-state index in [-0.39, 0.29) is 30.9 Å². The maximum atomic E-state index is 6.16. The molecule has 0 spiro atoms. The topological polar surface area (TPSA) is 34.2 Å². The molecule has 166 valence electrons. The standard InChI is InChI=1S/C23H30N2O3.2ClH/c1-17-5-4-6-19(13-17)25-10-8-24(9-11-25)16-23-20-15-22(27-3)21(26-2)14-18(20)7-12-28-23;;/h4-6,13-15,23H,7-12,16H2,1-3H3;2*1H. The van der Waals surface area contributed by atoms with Crippen LogP contribution in [0, 0.1) is 6.92 Å². The summed E-state index contributed by atoms with van der Waals surface area (Å²) >= 11 is 0. The van der Waals surface area contributed by atoms with Crippen LogP contribution in [-0.4, -0.2) is 58.5 Å². The number of rotatable bonds is 5. The summed E-state index contributed by atoms with van der Waals surface area (Å²) in [6, 6.07) is 13.0. The Labute approximate surface area is 192 Å². The number of ether oxygens (including phenoxy) is 3. The Morgan fingerprint density at radius 3 is 2.33 bits per heavy atom. The van der Waals surface area contributed by atoms with Crippen LogP contribution >= 0.6 is 24.8 Å². The lowest BCUT2D eigenvalue weighted by molar-refractivity contribution is 0.0146. The maximum absolute atomic E-state index is 6.16. The monoisotopic (exact) mass is 454 g/mol. The van der Waals surface area contributed by atoms with Gasteiger partial charge in [0, 0.05) is 38.4 Å². The normalized spacial score (nSPS) is 18.6. The molecule has 1 atom stereocenters. The smallest absolute Gasteiger partial charge is 0.161 e. The predicted molar refractivity (Wildman–Crippen MR) is 126 cm³/mol. The Hall–Kier alpha value is -1.66. The Balaban J connectivity index is 0.00000160. The third-order valence-electron chi connectivity index (χ3n) is 5.85. The summed E-state index contributed by atoms with van der Waals surface area (Å²) in [5.74, 6) is 1.58. The molecule has 1 saturated heterocycles. The van der Waals surface area contributed by atoms with E-state index < -0.39 is 0 Å². The predicted octanol–water partition coefficient (Wildman–Crippen LogP) is 4.29. The summed E-state index contributed by atoms with van der Waals surface area (Å²) in [7, 11) is 3.38. The first kappa shape index (κ1) is 24.6.